The Labute approximate surface area is 184 Å². The molecule has 0 bridgehead atoms. The van der Waals surface area contributed by atoms with Crippen molar-refractivity contribution in [3.05, 3.63) is 42.0 Å². The van der Waals surface area contributed by atoms with Crippen molar-refractivity contribution >= 4 is 23.6 Å². The van der Waals surface area contributed by atoms with Crippen LogP contribution in [0.4, 0.5) is 10.5 Å². The molecule has 0 saturated carbocycles. The Bertz CT molecular complexity index is 1010. The average Bonchev–Trinajstić information content (AvgIpc) is 2.77. The normalized spacial score (nSPS) is 12.0. The van der Waals surface area contributed by atoms with Crippen LogP contribution in [0.5, 0.6) is 23.0 Å². The predicted molar refractivity (Wildman–Crippen MR) is 114 cm³/mol. The lowest BCUT2D eigenvalue weighted by molar-refractivity contribution is -0.123. The molecule has 2 aromatic carbocycles. The van der Waals surface area contributed by atoms with Gasteiger partial charge in [-0.2, -0.15) is 0 Å². The zero-order valence-corrected chi connectivity index (χ0v) is 17.9. The summed E-state index contributed by atoms with van der Waals surface area (Å²) >= 11 is 0. The number of urea groups is 1. The molecule has 10 nitrogen and oxygen atoms in total. The fourth-order valence-corrected chi connectivity index (χ4v) is 2.81. The first-order chi connectivity index (χ1) is 15.4. The summed E-state index contributed by atoms with van der Waals surface area (Å²) in [6.45, 7) is 3.95. The van der Waals surface area contributed by atoms with Gasteiger partial charge in [0.15, 0.2) is 29.6 Å². The third kappa shape index (κ3) is 6.03. The van der Waals surface area contributed by atoms with Crippen LogP contribution in [0.25, 0.3) is 0 Å². The Kier molecular flexibility index (Phi) is 7.37. The van der Waals surface area contributed by atoms with E-state index in [-0.39, 0.29) is 11.7 Å². The molecule has 0 fully saturated rings. The molecule has 0 saturated heterocycles. The van der Waals surface area contributed by atoms with Crippen molar-refractivity contribution in [3.8, 4) is 23.0 Å². The van der Waals surface area contributed by atoms with Gasteiger partial charge in [0.1, 0.15) is 13.2 Å². The van der Waals surface area contributed by atoms with E-state index in [0.717, 1.165) is 0 Å². The number of carbonyl (C=O) groups is 3. The van der Waals surface area contributed by atoms with Gasteiger partial charge in [0.2, 0.25) is 0 Å². The number of nitrogens with one attached hydrogen (secondary N) is 2. The van der Waals surface area contributed by atoms with Crippen molar-refractivity contribution < 1.29 is 38.1 Å². The van der Waals surface area contributed by atoms with Crippen LogP contribution in [0, 0.1) is 0 Å². The van der Waals surface area contributed by atoms with Crippen molar-refractivity contribution in [1.29, 1.82) is 0 Å². The van der Waals surface area contributed by atoms with Crippen molar-refractivity contribution in [3.63, 3.8) is 0 Å². The number of anilines is 1. The fourth-order valence-electron chi connectivity index (χ4n) is 2.81. The number of esters is 1. The van der Waals surface area contributed by atoms with Crippen molar-refractivity contribution in [2.45, 2.75) is 20.0 Å². The van der Waals surface area contributed by atoms with Crippen LogP contribution in [0.2, 0.25) is 0 Å². The number of imide groups is 1. The maximum atomic E-state index is 12.2. The molecule has 0 spiro atoms. The van der Waals surface area contributed by atoms with E-state index in [0.29, 0.717) is 41.9 Å². The summed E-state index contributed by atoms with van der Waals surface area (Å²) in [7, 11) is 1.45. The number of methoxy groups -OCH3 is 1. The molecule has 0 aliphatic carbocycles. The monoisotopic (exact) mass is 444 g/mol. The number of ether oxygens (including phenoxy) is 5. The van der Waals surface area contributed by atoms with Gasteiger partial charge in [-0.15, -0.1) is 0 Å². The first-order valence-electron chi connectivity index (χ1n) is 9.88. The number of hydrogen-bond donors (Lipinski definition) is 2. The van der Waals surface area contributed by atoms with Crippen LogP contribution in [-0.2, 0) is 9.53 Å². The van der Waals surface area contributed by atoms with E-state index in [1.165, 1.54) is 19.2 Å². The number of amides is 3. The Morgan fingerprint density at radius 2 is 1.75 bits per heavy atom. The number of rotatable bonds is 7. The van der Waals surface area contributed by atoms with Gasteiger partial charge in [0, 0.05) is 11.8 Å². The Morgan fingerprint density at radius 3 is 2.47 bits per heavy atom. The largest absolute Gasteiger partial charge is 0.493 e. The number of fused-ring (bicyclic) bond motifs is 1. The second-order valence-electron chi connectivity index (χ2n) is 6.97. The minimum absolute atomic E-state index is 0.0706. The quantitative estimate of drug-likeness (QED) is 0.626. The van der Waals surface area contributed by atoms with Gasteiger partial charge < -0.3 is 29.0 Å². The summed E-state index contributed by atoms with van der Waals surface area (Å²) in [5.41, 5.74) is 0.582. The molecule has 0 radical (unpaired) electrons. The van der Waals surface area contributed by atoms with Crippen LogP contribution < -0.4 is 29.6 Å². The molecule has 32 heavy (non-hydrogen) atoms. The van der Waals surface area contributed by atoms with E-state index in [2.05, 4.69) is 10.6 Å². The summed E-state index contributed by atoms with van der Waals surface area (Å²) in [5.74, 6) is 0.367. The zero-order chi connectivity index (χ0) is 23.1. The Morgan fingerprint density at radius 1 is 1.00 bits per heavy atom. The summed E-state index contributed by atoms with van der Waals surface area (Å²) in [5, 5.41) is 4.59. The highest BCUT2D eigenvalue weighted by molar-refractivity contribution is 6.02. The van der Waals surface area contributed by atoms with Gasteiger partial charge >= 0.3 is 12.0 Å². The molecule has 1 aliphatic heterocycles. The third-order valence-electron chi connectivity index (χ3n) is 4.15. The number of hydrogen-bond acceptors (Lipinski definition) is 8. The lowest BCUT2D eigenvalue weighted by Crippen LogP contribution is -2.37. The molecule has 0 unspecified atom stereocenters. The van der Waals surface area contributed by atoms with E-state index < -0.39 is 24.5 Å². The first kappa shape index (κ1) is 22.7. The molecule has 1 aliphatic rings. The van der Waals surface area contributed by atoms with Crippen LogP contribution in [-0.4, -0.2) is 50.9 Å². The lowest BCUT2D eigenvalue weighted by atomic mass is 10.2. The van der Waals surface area contributed by atoms with E-state index in [4.69, 9.17) is 23.7 Å². The molecular weight excluding hydrogens is 420 g/mol. The molecule has 2 aromatic rings. The van der Waals surface area contributed by atoms with Gasteiger partial charge in [-0.25, -0.2) is 9.59 Å². The molecule has 0 atom stereocenters. The molecule has 2 N–H and O–H groups in total. The van der Waals surface area contributed by atoms with Crippen molar-refractivity contribution in [2.24, 2.45) is 0 Å². The molecular formula is C22H24N2O8. The van der Waals surface area contributed by atoms with Crippen LogP contribution in [0.1, 0.15) is 24.2 Å². The molecule has 3 rings (SSSR count). The predicted octanol–water partition coefficient (Wildman–Crippen LogP) is 2.76. The zero-order valence-electron chi connectivity index (χ0n) is 17.9. The summed E-state index contributed by atoms with van der Waals surface area (Å²) in [6.07, 6.45) is -0.0706. The third-order valence-corrected chi connectivity index (χ3v) is 4.15. The van der Waals surface area contributed by atoms with Gasteiger partial charge in [-0.3, -0.25) is 10.1 Å². The fraction of sp³-hybridized carbons (Fsp3) is 0.318. The molecule has 170 valence electrons. The second-order valence-corrected chi connectivity index (χ2v) is 6.97. The minimum atomic E-state index is -0.792. The summed E-state index contributed by atoms with van der Waals surface area (Å²) < 4.78 is 26.6. The number of carbonyl (C=O) groups excluding carboxylic acids is 3. The summed E-state index contributed by atoms with van der Waals surface area (Å²) in [4.78, 5) is 36.2. The van der Waals surface area contributed by atoms with Crippen molar-refractivity contribution in [1.82, 2.24) is 5.32 Å². The highest BCUT2D eigenvalue weighted by Gasteiger charge is 2.17. The highest BCUT2D eigenvalue weighted by Crippen LogP contribution is 2.32. The second kappa shape index (κ2) is 10.4. The molecule has 3 amide bonds. The maximum absolute atomic E-state index is 12.2. The first-order valence-corrected chi connectivity index (χ1v) is 9.88. The van der Waals surface area contributed by atoms with E-state index in [9.17, 15) is 14.4 Å². The van der Waals surface area contributed by atoms with Crippen LogP contribution >= 0.6 is 0 Å². The molecule has 1 heterocycles. The van der Waals surface area contributed by atoms with Crippen molar-refractivity contribution in [2.75, 3.05) is 32.2 Å². The van der Waals surface area contributed by atoms with E-state index >= 15 is 0 Å². The molecule has 0 aromatic heterocycles. The highest BCUT2D eigenvalue weighted by atomic mass is 16.6. The Balaban J connectivity index is 1.50. The summed E-state index contributed by atoms with van der Waals surface area (Å²) in [6, 6.07) is 8.59. The number of benzene rings is 2. The van der Waals surface area contributed by atoms with Crippen LogP contribution in [0.3, 0.4) is 0 Å². The van der Waals surface area contributed by atoms with Crippen LogP contribution in [0.15, 0.2) is 36.4 Å². The van der Waals surface area contributed by atoms with Gasteiger partial charge in [-0.1, -0.05) is 0 Å². The van der Waals surface area contributed by atoms with Gasteiger partial charge in [0.05, 0.1) is 18.8 Å². The van der Waals surface area contributed by atoms with Gasteiger partial charge in [-0.05, 0) is 44.2 Å². The van der Waals surface area contributed by atoms with E-state index in [1.807, 2.05) is 13.8 Å². The van der Waals surface area contributed by atoms with E-state index in [1.54, 1.807) is 24.3 Å². The Hall–Kier alpha value is -3.95. The average molecular weight is 444 g/mol. The smallest absolute Gasteiger partial charge is 0.338 e. The minimum Gasteiger partial charge on any atom is -0.493 e. The topological polar surface area (TPSA) is 121 Å². The standard InChI is InChI=1S/C22H24N2O8/c1-13(2)32-17-6-4-14(10-18(17)28-3)21(26)31-12-20(25)24-22(27)23-15-5-7-16-19(11-15)30-9-8-29-16/h4-7,10-11,13H,8-9,12H2,1-3H3,(H2,23,24,25,27). The maximum Gasteiger partial charge on any atom is 0.338 e. The SMILES string of the molecule is COc1cc(C(=O)OCC(=O)NC(=O)Nc2ccc3c(c2)OCCO3)ccc1OC(C)C. The lowest BCUT2D eigenvalue weighted by Gasteiger charge is -2.19. The molecule has 10 heteroatoms. The van der Waals surface area contributed by atoms with Gasteiger partial charge in [0.25, 0.3) is 5.91 Å².